The van der Waals surface area contributed by atoms with Crippen molar-refractivity contribution < 1.29 is 14.5 Å². The van der Waals surface area contributed by atoms with E-state index in [-0.39, 0.29) is 17.7 Å². The van der Waals surface area contributed by atoms with Gasteiger partial charge < -0.3 is 9.64 Å². The summed E-state index contributed by atoms with van der Waals surface area (Å²) >= 11 is 0. The molecule has 8 nitrogen and oxygen atoms in total. The number of amides is 1. The molecular formula is C22H20N4O4. The monoisotopic (exact) mass is 404 g/mol. The smallest absolute Gasteiger partial charge is 0.269 e. The van der Waals surface area contributed by atoms with Crippen LogP contribution in [0.15, 0.2) is 60.8 Å². The van der Waals surface area contributed by atoms with E-state index < -0.39 is 4.92 Å². The molecule has 0 aliphatic carbocycles. The number of benzene rings is 2. The second-order valence-corrected chi connectivity index (χ2v) is 7.06. The predicted octanol–water partition coefficient (Wildman–Crippen LogP) is 3.62. The van der Waals surface area contributed by atoms with E-state index in [9.17, 15) is 14.9 Å². The van der Waals surface area contributed by atoms with Gasteiger partial charge in [0.1, 0.15) is 6.10 Å². The minimum atomic E-state index is -0.450. The molecular weight excluding hydrogens is 384 g/mol. The lowest BCUT2D eigenvalue weighted by molar-refractivity contribution is -0.384. The number of piperidine rings is 1. The molecule has 1 aliphatic rings. The molecule has 152 valence electrons. The van der Waals surface area contributed by atoms with Gasteiger partial charge in [-0.3, -0.25) is 14.9 Å². The maximum atomic E-state index is 12.5. The van der Waals surface area contributed by atoms with Crippen molar-refractivity contribution in [3.63, 3.8) is 0 Å². The maximum Gasteiger partial charge on any atom is 0.269 e. The SMILES string of the molecule is O=C(/C=C/c1ccc([N+](=O)[O-])cc1)N1CCC(Oc2nncc3ccccc23)CC1. The number of hydrogen-bond donors (Lipinski definition) is 0. The first-order chi connectivity index (χ1) is 14.6. The summed E-state index contributed by atoms with van der Waals surface area (Å²) in [6.07, 6.45) is 6.27. The van der Waals surface area contributed by atoms with Gasteiger partial charge in [0.25, 0.3) is 5.69 Å². The number of carbonyl (C=O) groups is 1. The zero-order chi connectivity index (χ0) is 20.9. The molecule has 0 unspecified atom stereocenters. The zero-order valence-corrected chi connectivity index (χ0v) is 16.2. The van der Waals surface area contributed by atoms with Gasteiger partial charge in [-0.05, 0) is 29.8 Å². The Morgan fingerprint density at radius 3 is 2.60 bits per heavy atom. The van der Waals surface area contributed by atoms with Crippen molar-refractivity contribution in [1.82, 2.24) is 15.1 Å². The molecule has 2 heterocycles. The molecule has 1 aliphatic heterocycles. The van der Waals surface area contributed by atoms with Crippen molar-refractivity contribution in [1.29, 1.82) is 0 Å². The number of rotatable bonds is 5. The van der Waals surface area contributed by atoms with Gasteiger partial charge in [-0.1, -0.05) is 18.2 Å². The highest BCUT2D eigenvalue weighted by Gasteiger charge is 2.23. The number of nitro groups is 1. The Morgan fingerprint density at radius 1 is 1.13 bits per heavy atom. The fourth-order valence-electron chi connectivity index (χ4n) is 3.42. The average Bonchev–Trinajstić information content (AvgIpc) is 2.78. The Bertz CT molecular complexity index is 1080. The largest absolute Gasteiger partial charge is 0.473 e. The summed E-state index contributed by atoms with van der Waals surface area (Å²) in [4.78, 5) is 24.5. The van der Waals surface area contributed by atoms with Crippen LogP contribution in [0.4, 0.5) is 5.69 Å². The summed E-state index contributed by atoms with van der Waals surface area (Å²) in [5, 5.41) is 20.7. The summed E-state index contributed by atoms with van der Waals surface area (Å²) in [7, 11) is 0. The van der Waals surface area contributed by atoms with Crippen LogP contribution in [0.2, 0.25) is 0 Å². The zero-order valence-electron chi connectivity index (χ0n) is 16.2. The van der Waals surface area contributed by atoms with E-state index in [2.05, 4.69) is 10.2 Å². The number of nitrogens with zero attached hydrogens (tertiary/aromatic N) is 4. The van der Waals surface area contributed by atoms with Gasteiger partial charge in [-0.15, -0.1) is 5.10 Å². The molecule has 0 radical (unpaired) electrons. The first-order valence-electron chi connectivity index (χ1n) is 9.69. The third-order valence-electron chi connectivity index (χ3n) is 5.09. The van der Waals surface area contributed by atoms with Crippen LogP contribution >= 0.6 is 0 Å². The van der Waals surface area contributed by atoms with Crippen molar-refractivity contribution in [3.8, 4) is 5.88 Å². The molecule has 30 heavy (non-hydrogen) atoms. The number of hydrogen-bond acceptors (Lipinski definition) is 6. The van der Waals surface area contributed by atoms with Crippen LogP contribution in [0.5, 0.6) is 5.88 Å². The molecule has 0 saturated carbocycles. The molecule has 4 rings (SSSR count). The number of likely N-dealkylation sites (tertiary alicyclic amines) is 1. The number of non-ortho nitro benzene ring substituents is 1. The second kappa shape index (κ2) is 8.69. The van der Waals surface area contributed by atoms with Gasteiger partial charge in [0, 0.05) is 54.9 Å². The van der Waals surface area contributed by atoms with E-state index in [0.717, 1.165) is 16.3 Å². The Hall–Kier alpha value is -3.81. The number of aromatic nitrogens is 2. The van der Waals surface area contributed by atoms with Crippen molar-refractivity contribution in [3.05, 3.63) is 76.5 Å². The van der Waals surface area contributed by atoms with E-state index in [1.54, 1.807) is 29.3 Å². The molecule has 0 atom stereocenters. The quantitative estimate of drug-likeness (QED) is 0.366. The average molecular weight is 404 g/mol. The first kappa shape index (κ1) is 19.5. The van der Waals surface area contributed by atoms with Crippen LogP contribution in [0.1, 0.15) is 18.4 Å². The molecule has 3 aromatic rings. The van der Waals surface area contributed by atoms with Gasteiger partial charge in [0.05, 0.1) is 11.1 Å². The van der Waals surface area contributed by atoms with Gasteiger partial charge in [0.15, 0.2) is 0 Å². The van der Waals surface area contributed by atoms with Gasteiger partial charge in [-0.2, -0.15) is 5.10 Å². The Labute approximate surface area is 172 Å². The van der Waals surface area contributed by atoms with Crippen LogP contribution < -0.4 is 4.74 Å². The molecule has 2 aromatic carbocycles. The van der Waals surface area contributed by atoms with Crippen LogP contribution in [-0.4, -0.2) is 45.1 Å². The third-order valence-corrected chi connectivity index (χ3v) is 5.09. The van der Waals surface area contributed by atoms with Crippen LogP contribution in [-0.2, 0) is 4.79 Å². The summed E-state index contributed by atoms with van der Waals surface area (Å²) in [6, 6.07) is 13.9. The minimum absolute atomic E-state index is 0.0205. The Balaban J connectivity index is 1.32. The minimum Gasteiger partial charge on any atom is -0.473 e. The van der Waals surface area contributed by atoms with Gasteiger partial charge in [0.2, 0.25) is 11.8 Å². The van der Waals surface area contributed by atoms with E-state index in [4.69, 9.17) is 4.74 Å². The van der Waals surface area contributed by atoms with E-state index >= 15 is 0 Å². The molecule has 0 bridgehead atoms. The molecule has 8 heteroatoms. The van der Waals surface area contributed by atoms with Crippen molar-refractivity contribution >= 4 is 28.4 Å². The van der Waals surface area contributed by atoms with Crippen LogP contribution in [0.25, 0.3) is 16.8 Å². The fraction of sp³-hybridized carbons (Fsp3) is 0.227. The van der Waals surface area contributed by atoms with E-state index in [0.29, 0.717) is 31.8 Å². The van der Waals surface area contributed by atoms with Gasteiger partial charge >= 0.3 is 0 Å². The van der Waals surface area contributed by atoms with Crippen molar-refractivity contribution in [2.45, 2.75) is 18.9 Å². The fourth-order valence-corrected chi connectivity index (χ4v) is 3.42. The van der Waals surface area contributed by atoms with Crippen molar-refractivity contribution in [2.24, 2.45) is 0 Å². The maximum absolute atomic E-state index is 12.5. The molecule has 0 N–H and O–H groups in total. The lowest BCUT2D eigenvalue weighted by Crippen LogP contribution is -2.41. The second-order valence-electron chi connectivity index (χ2n) is 7.06. The highest BCUT2D eigenvalue weighted by Crippen LogP contribution is 2.25. The molecule has 1 fully saturated rings. The van der Waals surface area contributed by atoms with Crippen molar-refractivity contribution in [2.75, 3.05) is 13.1 Å². The Kier molecular flexibility index (Phi) is 5.65. The third kappa shape index (κ3) is 4.43. The Morgan fingerprint density at radius 2 is 1.87 bits per heavy atom. The van der Waals surface area contributed by atoms with Crippen LogP contribution in [0, 0.1) is 10.1 Å². The van der Waals surface area contributed by atoms with Gasteiger partial charge in [-0.25, -0.2) is 0 Å². The molecule has 1 aromatic heterocycles. The molecule has 1 saturated heterocycles. The van der Waals surface area contributed by atoms with Crippen LogP contribution in [0.3, 0.4) is 0 Å². The molecule has 0 spiro atoms. The summed E-state index contributed by atoms with van der Waals surface area (Å²) < 4.78 is 6.07. The number of nitro benzene ring substituents is 1. The van der Waals surface area contributed by atoms with E-state index in [1.165, 1.54) is 18.2 Å². The lowest BCUT2D eigenvalue weighted by atomic mass is 10.1. The number of carbonyl (C=O) groups excluding carboxylic acids is 1. The predicted molar refractivity (Wildman–Crippen MR) is 112 cm³/mol. The highest BCUT2D eigenvalue weighted by molar-refractivity contribution is 5.91. The summed E-state index contributed by atoms with van der Waals surface area (Å²) in [5.41, 5.74) is 0.762. The molecule has 1 amide bonds. The lowest BCUT2D eigenvalue weighted by Gasteiger charge is -2.31. The normalized spacial score (nSPS) is 14.9. The standard InChI is InChI=1S/C22H20N4O4/c27-21(10-7-16-5-8-18(9-6-16)26(28)29)25-13-11-19(12-14-25)30-22-20-4-2-1-3-17(20)15-23-24-22/h1-10,15,19H,11-14H2/b10-7+. The van der Waals surface area contributed by atoms with E-state index in [1.807, 2.05) is 24.3 Å². The number of ether oxygens (including phenoxy) is 1. The topological polar surface area (TPSA) is 98.5 Å². The summed E-state index contributed by atoms with van der Waals surface area (Å²) in [5.74, 6) is 0.438. The number of fused-ring (bicyclic) bond motifs is 1. The first-order valence-corrected chi connectivity index (χ1v) is 9.69. The summed E-state index contributed by atoms with van der Waals surface area (Å²) in [6.45, 7) is 1.18. The highest BCUT2D eigenvalue weighted by atomic mass is 16.6.